The van der Waals surface area contributed by atoms with Gasteiger partial charge in [0.1, 0.15) is 19.3 Å². The van der Waals surface area contributed by atoms with Crippen LogP contribution in [-0.2, 0) is 27.9 Å². The predicted octanol–water partition coefficient (Wildman–Crippen LogP) is 20.5. The quantitative estimate of drug-likeness (QED) is 0.0205. The van der Waals surface area contributed by atoms with Crippen molar-refractivity contribution in [1.29, 1.82) is 0 Å². The fourth-order valence-corrected chi connectivity index (χ4v) is 10.4. The first-order valence-electron chi connectivity index (χ1n) is 33.0. The number of phosphoric ester groups is 1. The molecule has 0 radical (unpaired) electrons. The summed E-state index contributed by atoms with van der Waals surface area (Å²) < 4.78 is 30.7. The number of hydrogen-bond donors (Lipinski definition) is 2. The first-order valence-corrected chi connectivity index (χ1v) is 34.5. The first kappa shape index (κ1) is 75.0. The largest absolute Gasteiger partial charge is 0.472 e. The fraction of sp³-hybridized carbons (Fsp3) is 0.851. The number of carbonyl (C=O) groups is 2. The number of esters is 1. The van der Waals surface area contributed by atoms with Gasteiger partial charge >= 0.3 is 13.8 Å². The minimum atomic E-state index is -4.45. The molecular weight excluding hydrogens is 976 g/mol. The van der Waals surface area contributed by atoms with Crippen molar-refractivity contribution in [3.8, 4) is 0 Å². The Labute approximate surface area is 478 Å². The van der Waals surface area contributed by atoms with Crippen LogP contribution in [0.15, 0.2) is 48.6 Å². The van der Waals surface area contributed by atoms with Crippen LogP contribution < -0.4 is 5.32 Å². The molecule has 0 bridgehead atoms. The molecule has 3 unspecified atom stereocenters. The van der Waals surface area contributed by atoms with Crippen LogP contribution in [0.25, 0.3) is 0 Å². The Bertz CT molecular complexity index is 1460. The highest BCUT2D eigenvalue weighted by Crippen LogP contribution is 2.43. The number of quaternary nitrogens is 1. The third-order valence-corrected chi connectivity index (χ3v) is 15.7. The molecule has 0 rings (SSSR count). The highest BCUT2D eigenvalue weighted by atomic mass is 31.2. The standard InChI is InChI=1S/C67H127N2O7P/c1-7-10-13-16-19-22-25-28-30-31-32-33-34-35-36-37-38-39-40-41-44-47-50-53-56-59-66(70)68-64(63-75-77(72,73)74-62-61-69(4,5)6)65(58-55-52-49-46-43-27-24-21-18-15-12-9-3)76-67(71)60-57-54-51-48-45-42-29-26-23-20-17-14-11-8-2/h11,14,20,23,28,30,55,58,64-65H,7-10,12-13,15-19,21-22,24-27,29,31-54,56-57,59-63H2,1-6H3,(H-,68,70,72,73)/p+1/b14-11+,23-20+,30-28+,58-55-. The summed E-state index contributed by atoms with van der Waals surface area (Å²) in [6, 6.07) is -0.850. The Hall–Kier alpha value is -2.03. The summed E-state index contributed by atoms with van der Waals surface area (Å²) in [6.07, 6.45) is 71.2. The molecule has 2 N–H and O–H groups in total. The Kier molecular flexibility index (Phi) is 55.7. The van der Waals surface area contributed by atoms with E-state index in [1.807, 2.05) is 33.3 Å². The SMILES string of the molecule is CC/C=C/C/C=C/CCCCCCCCCC(=O)OC(/C=C\CCCCCCCCCCCC)C(COP(=O)(O)OCC[N+](C)(C)C)NC(=O)CCCCCCCCCCCCCCCCC/C=C/CCCCCCCC. The number of ether oxygens (including phenoxy) is 1. The molecule has 0 fully saturated rings. The first-order chi connectivity index (χ1) is 37.4. The van der Waals surface area contributed by atoms with Gasteiger partial charge in [0, 0.05) is 12.8 Å². The summed E-state index contributed by atoms with van der Waals surface area (Å²) in [4.78, 5) is 37.7. The van der Waals surface area contributed by atoms with E-state index in [0.717, 1.165) is 83.5 Å². The molecule has 10 heteroatoms. The molecule has 0 saturated heterocycles. The van der Waals surface area contributed by atoms with Crippen LogP contribution in [0.4, 0.5) is 0 Å². The van der Waals surface area contributed by atoms with Gasteiger partial charge in [-0.15, -0.1) is 0 Å². The van der Waals surface area contributed by atoms with E-state index in [-0.39, 0.29) is 31.5 Å². The fourth-order valence-electron chi connectivity index (χ4n) is 9.68. The lowest BCUT2D eigenvalue weighted by atomic mass is 10.0. The molecule has 0 aliphatic heterocycles. The maximum absolute atomic E-state index is 13.6. The van der Waals surface area contributed by atoms with Gasteiger partial charge in [-0.2, -0.15) is 0 Å². The number of carbonyl (C=O) groups excluding carboxylic acids is 2. The van der Waals surface area contributed by atoms with Crippen molar-refractivity contribution in [3.05, 3.63) is 48.6 Å². The Morgan fingerprint density at radius 3 is 1.25 bits per heavy atom. The van der Waals surface area contributed by atoms with E-state index in [1.165, 1.54) is 199 Å². The van der Waals surface area contributed by atoms with Crippen LogP contribution in [0.2, 0.25) is 0 Å². The lowest BCUT2D eigenvalue weighted by molar-refractivity contribution is -0.870. The number of likely N-dealkylation sites (N-methyl/N-ethyl adjacent to an activating group) is 1. The second-order valence-electron chi connectivity index (χ2n) is 23.6. The molecule has 77 heavy (non-hydrogen) atoms. The smallest absolute Gasteiger partial charge is 0.456 e. The molecule has 3 atom stereocenters. The van der Waals surface area contributed by atoms with Crippen molar-refractivity contribution in [2.24, 2.45) is 0 Å². The third kappa shape index (κ3) is 58.4. The van der Waals surface area contributed by atoms with Gasteiger partial charge in [-0.1, -0.05) is 269 Å². The van der Waals surface area contributed by atoms with Crippen molar-refractivity contribution in [3.63, 3.8) is 0 Å². The second-order valence-corrected chi connectivity index (χ2v) is 25.1. The normalized spacial score (nSPS) is 13.9. The average Bonchev–Trinajstić information content (AvgIpc) is 3.39. The molecule has 452 valence electrons. The number of nitrogens with one attached hydrogen (secondary N) is 1. The van der Waals surface area contributed by atoms with E-state index >= 15 is 0 Å². The summed E-state index contributed by atoms with van der Waals surface area (Å²) >= 11 is 0. The summed E-state index contributed by atoms with van der Waals surface area (Å²) in [7, 11) is 1.50. The Morgan fingerprint density at radius 2 is 0.831 bits per heavy atom. The molecule has 0 aromatic carbocycles. The van der Waals surface area contributed by atoms with Crippen LogP contribution in [-0.4, -0.2) is 74.3 Å². The highest BCUT2D eigenvalue weighted by Gasteiger charge is 2.30. The maximum Gasteiger partial charge on any atom is 0.472 e. The van der Waals surface area contributed by atoms with Gasteiger partial charge in [-0.3, -0.25) is 18.6 Å². The van der Waals surface area contributed by atoms with Crippen molar-refractivity contribution in [2.45, 2.75) is 328 Å². The number of phosphoric acid groups is 1. The van der Waals surface area contributed by atoms with E-state index in [9.17, 15) is 19.0 Å². The Balaban J connectivity index is 5.05. The summed E-state index contributed by atoms with van der Waals surface area (Å²) in [5, 5.41) is 3.06. The van der Waals surface area contributed by atoms with Gasteiger partial charge in [0.2, 0.25) is 5.91 Å². The molecule has 0 spiro atoms. The van der Waals surface area contributed by atoms with Gasteiger partial charge in [0.05, 0.1) is 33.8 Å². The number of nitrogens with zero attached hydrogens (tertiary/aromatic N) is 1. The van der Waals surface area contributed by atoms with Gasteiger partial charge < -0.3 is 19.4 Å². The Morgan fingerprint density at radius 1 is 0.468 bits per heavy atom. The minimum absolute atomic E-state index is 0.0399. The summed E-state index contributed by atoms with van der Waals surface area (Å²) in [6.45, 7) is 6.93. The molecule has 0 aromatic rings. The lowest BCUT2D eigenvalue weighted by Gasteiger charge is -2.27. The molecule has 0 heterocycles. The molecule has 1 amide bonds. The number of rotatable bonds is 60. The van der Waals surface area contributed by atoms with E-state index in [4.69, 9.17) is 13.8 Å². The van der Waals surface area contributed by atoms with Crippen LogP contribution in [0.5, 0.6) is 0 Å². The minimum Gasteiger partial charge on any atom is -0.456 e. The van der Waals surface area contributed by atoms with E-state index in [1.54, 1.807) is 0 Å². The van der Waals surface area contributed by atoms with Crippen LogP contribution >= 0.6 is 7.82 Å². The summed E-state index contributed by atoms with van der Waals surface area (Å²) in [5.74, 6) is -0.504. The monoisotopic (exact) mass is 1100 g/mol. The van der Waals surface area contributed by atoms with Gasteiger partial charge in [-0.25, -0.2) is 4.57 Å². The van der Waals surface area contributed by atoms with E-state index in [0.29, 0.717) is 17.4 Å². The lowest BCUT2D eigenvalue weighted by Crippen LogP contribution is -2.47. The molecule has 0 saturated carbocycles. The zero-order chi connectivity index (χ0) is 56.4. The average molecular weight is 1100 g/mol. The maximum atomic E-state index is 13.6. The third-order valence-electron chi connectivity index (χ3n) is 14.8. The number of amides is 1. The highest BCUT2D eigenvalue weighted by molar-refractivity contribution is 7.47. The van der Waals surface area contributed by atoms with Gasteiger partial charge in [-0.05, 0) is 83.1 Å². The number of unbranched alkanes of at least 4 members (excludes halogenated alkanes) is 38. The molecule has 0 aromatic heterocycles. The molecule has 9 nitrogen and oxygen atoms in total. The van der Waals surface area contributed by atoms with E-state index < -0.39 is 20.0 Å². The predicted molar refractivity (Wildman–Crippen MR) is 332 cm³/mol. The zero-order valence-corrected chi connectivity index (χ0v) is 52.6. The number of hydrogen-bond acceptors (Lipinski definition) is 6. The van der Waals surface area contributed by atoms with Crippen LogP contribution in [0, 0.1) is 0 Å². The number of allylic oxidation sites excluding steroid dienone is 7. The van der Waals surface area contributed by atoms with Crippen LogP contribution in [0.3, 0.4) is 0 Å². The van der Waals surface area contributed by atoms with Crippen molar-refractivity contribution in [2.75, 3.05) is 40.9 Å². The molecule has 0 aliphatic rings. The zero-order valence-electron chi connectivity index (χ0n) is 51.7. The van der Waals surface area contributed by atoms with Crippen LogP contribution in [0.1, 0.15) is 316 Å². The molecular formula is C67H128N2O7P+. The summed E-state index contributed by atoms with van der Waals surface area (Å²) in [5.41, 5.74) is 0. The van der Waals surface area contributed by atoms with Crippen molar-refractivity contribution >= 4 is 19.7 Å². The van der Waals surface area contributed by atoms with Crippen molar-refractivity contribution < 1.29 is 37.3 Å². The molecule has 0 aliphatic carbocycles. The van der Waals surface area contributed by atoms with Gasteiger partial charge in [0.25, 0.3) is 0 Å². The van der Waals surface area contributed by atoms with E-state index in [2.05, 4.69) is 62.5 Å². The van der Waals surface area contributed by atoms with Gasteiger partial charge in [0.15, 0.2) is 0 Å². The topological polar surface area (TPSA) is 111 Å². The van der Waals surface area contributed by atoms with Crippen molar-refractivity contribution in [1.82, 2.24) is 5.32 Å². The second kappa shape index (κ2) is 57.2.